The lowest BCUT2D eigenvalue weighted by atomic mass is 9.82. The minimum atomic E-state index is -0.490. The van der Waals surface area contributed by atoms with Crippen LogP contribution in [0.15, 0.2) is 67.0 Å². The summed E-state index contributed by atoms with van der Waals surface area (Å²) in [6.45, 7) is 1.29. The number of aromatic nitrogens is 2. The minimum Gasteiger partial charge on any atom is -0.361 e. The molecule has 126 valence electrons. The third-order valence-electron chi connectivity index (χ3n) is 4.64. The van der Waals surface area contributed by atoms with E-state index in [4.69, 9.17) is 10.00 Å². The van der Waals surface area contributed by atoms with Crippen LogP contribution in [0.2, 0.25) is 0 Å². The largest absolute Gasteiger partial charge is 0.361 e. The SMILES string of the molecule is Cl.N#Cc1ccc2c(c1)COC2(CCn1cccn1)c1ccccc1. The molecular formula is C20H18ClN3O. The van der Waals surface area contributed by atoms with Gasteiger partial charge in [-0.25, -0.2) is 0 Å². The fourth-order valence-electron chi connectivity index (χ4n) is 3.46. The number of benzene rings is 2. The van der Waals surface area contributed by atoms with Crippen molar-refractivity contribution in [2.45, 2.75) is 25.2 Å². The topological polar surface area (TPSA) is 50.8 Å². The van der Waals surface area contributed by atoms with Crippen molar-refractivity contribution in [1.29, 1.82) is 5.26 Å². The molecule has 0 amide bonds. The second-order valence-electron chi connectivity index (χ2n) is 5.98. The van der Waals surface area contributed by atoms with Crippen molar-refractivity contribution < 1.29 is 4.74 Å². The fourth-order valence-corrected chi connectivity index (χ4v) is 3.46. The van der Waals surface area contributed by atoms with Crippen molar-refractivity contribution in [2.24, 2.45) is 0 Å². The molecule has 1 aliphatic heterocycles. The number of rotatable bonds is 4. The molecule has 0 aliphatic carbocycles. The van der Waals surface area contributed by atoms with Gasteiger partial charge >= 0.3 is 0 Å². The minimum absolute atomic E-state index is 0. The Kier molecular flexibility index (Phi) is 4.89. The molecule has 0 fully saturated rings. The molecular weight excluding hydrogens is 334 g/mol. The molecule has 1 unspecified atom stereocenters. The Morgan fingerprint density at radius 1 is 1.16 bits per heavy atom. The van der Waals surface area contributed by atoms with Crippen molar-refractivity contribution >= 4 is 12.4 Å². The Morgan fingerprint density at radius 2 is 2.00 bits per heavy atom. The summed E-state index contributed by atoms with van der Waals surface area (Å²) in [6, 6.07) is 20.3. The van der Waals surface area contributed by atoms with E-state index >= 15 is 0 Å². The van der Waals surface area contributed by atoms with Gasteiger partial charge in [-0.1, -0.05) is 36.4 Å². The molecule has 0 spiro atoms. The lowest BCUT2D eigenvalue weighted by molar-refractivity contribution is -0.0151. The molecule has 4 nitrogen and oxygen atoms in total. The maximum Gasteiger partial charge on any atom is 0.121 e. The molecule has 2 aromatic carbocycles. The number of nitriles is 1. The predicted molar refractivity (Wildman–Crippen MR) is 97.3 cm³/mol. The third-order valence-corrected chi connectivity index (χ3v) is 4.64. The van der Waals surface area contributed by atoms with E-state index in [1.165, 1.54) is 0 Å². The molecule has 1 aliphatic rings. The van der Waals surface area contributed by atoms with Gasteiger partial charge in [0.1, 0.15) is 5.60 Å². The van der Waals surface area contributed by atoms with E-state index < -0.39 is 5.60 Å². The number of halogens is 1. The fraction of sp³-hybridized carbons (Fsp3) is 0.200. The lowest BCUT2D eigenvalue weighted by Gasteiger charge is -2.30. The number of nitrogens with zero attached hydrogens (tertiary/aromatic N) is 3. The summed E-state index contributed by atoms with van der Waals surface area (Å²) in [5, 5.41) is 13.4. The monoisotopic (exact) mass is 351 g/mol. The molecule has 0 saturated carbocycles. The normalized spacial score (nSPS) is 18.2. The summed E-state index contributed by atoms with van der Waals surface area (Å²) in [6.07, 6.45) is 4.54. The van der Waals surface area contributed by atoms with Gasteiger partial charge in [0.2, 0.25) is 0 Å². The zero-order chi connectivity index (χ0) is 16.4. The summed E-state index contributed by atoms with van der Waals surface area (Å²) in [5.74, 6) is 0. The van der Waals surface area contributed by atoms with E-state index in [-0.39, 0.29) is 12.4 Å². The summed E-state index contributed by atoms with van der Waals surface area (Å²) in [7, 11) is 0. The highest BCUT2D eigenvalue weighted by atomic mass is 35.5. The van der Waals surface area contributed by atoms with E-state index in [1.807, 2.05) is 53.3 Å². The van der Waals surface area contributed by atoms with Gasteiger partial charge in [0.25, 0.3) is 0 Å². The van der Waals surface area contributed by atoms with E-state index in [9.17, 15) is 0 Å². The molecule has 3 aromatic rings. The first-order chi connectivity index (χ1) is 11.8. The van der Waals surface area contributed by atoms with Crippen LogP contribution in [0.5, 0.6) is 0 Å². The van der Waals surface area contributed by atoms with Crippen LogP contribution >= 0.6 is 12.4 Å². The molecule has 1 atom stereocenters. The predicted octanol–water partition coefficient (Wildman–Crippen LogP) is 4.04. The third kappa shape index (κ3) is 3.05. The van der Waals surface area contributed by atoms with Gasteiger partial charge in [-0.15, -0.1) is 12.4 Å². The van der Waals surface area contributed by atoms with Crippen molar-refractivity contribution in [2.75, 3.05) is 0 Å². The van der Waals surface area contributed by atoms with Gasteiger partial charge in [0, 0.05) is 25.4 Å². The molecule has 25 heavy (non-hydrogen) atoms. The first-order valence-corrected chi connectivity index (χ1v) is 8.02. The summed E-state index contributed by atoms with van der Waals surface area (Å²) in [5.41, 5.74) is 3.57. The number of hydrogen-bond acceptors (Lipinski definition) is 3. The lowest BCUT2D eigenvalue weighted by Crippen LogP contribution is -2.29. The van der Waals surface area contributed by atoms with Crippen LogP contribution in [0.4, 0.5) is 0 Å². The van der Waals surface area contributed by atoms with Gasteiger partial charge in [-0.05, 0) is 34.9 Å². The number of aryl methyl sites for hydroxylation is 1. The van der Waals surface area contributed by atoms with Gasteiger partial charge in [-0.2, -0.15) is 10.4 Å². The molecule has 2 heterocycles. The van der Waals surface area contributed by atoms with Crippen LogP contribution < -0.4 is 0 Å². The first kappa shape index (κ1) is 17.2. The Bertz CT molecular complexity index is 887. The van der Waals surface area contributed by atoms with Crippen LogP contribution in [-0.4, -0.2) is 9.78 Å². The number of fused-ring (bicyclic) bond motifs is 1. The van der Waals surface area contributed by atoms with E-state index in [0.717, 1.165) is 29.7 Å². The smallest absolute Gasteiger partial charge is 0.121 e. The standard InChI is InChI=1S/C20H17N3O.ClH/c21-14-16-7-8-19-17(13-16)15-24-20(19,18-5-2-1-3-6-18)9-12-23-11-4-10-22-23;/h1-8,10-11,13H,9,12,15H2;1H. The maximum atomic E-state index is 9.14. The molecule has 5 heteroatoms. The van der Waals surface area contributed by atoms with Crippen LogP contribution in [0.25, 0.3) is 0 Å². The maximum absolute atomic E-state index is 9.14. The zero-order valence-corrected chi connectivity index (χ0v) is 14.4. The highest BCUT2D eigenvalue weighted by molar-refractivity contribution is 5.85. The van der Waals surface area contributed by atoms with E-state index in [2.05, 4.69) is 23.3 Å². The highest BCUT2D eigenvalue weighted by Crippen LogP contribution is 2.45. The first-order valence-electron chi connectivity index (χ1n) is 8.02. The van der Waals surface area contributed by atoms with Gasteiger partial charge < -0.3 is 4.74 Å². The molecule has 0 saturated heterocycles. The number of ether oxygens (including phenoxy) is 1. The van der Waals surface area contributed by atoms with Crippen molar-refractivity contribution in [3.05, 3.63) is 89.2 Å². The summed E-state index contributed by atoms with van der Waals surface area (Å²) < 4.78 is 8.27. The van der Waals surface area contributed by atoms with Crippen molar-refractivity contribution in [3.63, 3.8) is 0 Å². The second kappa shape index (κ2) is 7.10. The zero-order valence-electron chi connectivity index (χ0n) is 13.6. The Balaban J connectivity index is 0.00000182. The van der Waals surface area contributed by atoms with E-state index in [0.29, 0.717) is 12.2 Å². The Hall–Kier alpha value is -2.61. The molecule has 4 rings (SSSR count). The van der Waals surface area contributed by atoms with Gasteiger partial charge in [0.15, 0.2) is 0 Å². The van der Waals surface area contributed by atoms with Crippen molar-refractivity contribution in [1.82, 2.24) is 9.78 Å². The van der Waals surface area contributed by atoms with Crippen LogP contribution in [0.3, 0.4) is 0 Å². The second-order valence-corrected chi connectivity index (χ2v) is 5.98. The van der Waals surface area contributed by atoms with Gasteiger partial charge in [-0.3, -0.25) is 4.68 Å². The van der Waals surface area contributed by atoms with Crippen LogP contribution in [0.1, 0.15) is 28.7 Å². The highest BCUT2D eigenvalue weighted by Gasteiger charge is 2.41. The summed E-state index contributed by atoms with van der Waals surface area (Å²) >= 11 is 0. The van der Waals surface area contributed by atoms with Crippen LogP contribution in [-0.2, 0) is 23.5 Å². The Labute approximate surface area is 153 Å². The van der Waals surface area contributed by atoms with Gasteiger partial charge in [0.05, 0.1) is 18.2 Å². The average Bonchev–Trinajstić information content (AvgIpc) is 3.29. The summed E-state index contributed by atoms with van der Waals surface area (Å²) in [4.78, 5) is 0. The molecule has 0 bridgehead atoms. The average molecular weight is 352 g/mol. The van der Waals surface area contributed by atoms with Crippen molar-refractivity contribution in [3.8, 4) is 6.07 Å². The van der Waals surface area contributed by atoms with Crippen LogP contribution in [0, 0.1) is 11.3 Å². The Morgan fingerprint density at radius 3 is 2.72 bits per heavy atom. The quantitative estimate of drug-likeness (QED) is 0.712. The number of hydrogen-bond donors (Lipinski definition) is 0. The molecule has 0 N–H and O–H groups in total. The molecule has 1 aromatic heterocycles. The molecule has 0 radical (unpaired) electrons. The van der Waals surface area contributed by atoms with E-state index in [1.54, 1.807) is 6.20 Å².